The molecule has 0 atom stereocenters. The molecule has 0 fully saturated rings. The lowest BCUT2D eigenvalue weighted by Gasteiger charge is -2.06. The Balaban J connectivity index is 0. The van der Waals surface area contributed by atoms with Crippen LogP contribution in [-0.2, 0) is 16.8 Å². The number of hydrogen-bond acceptors (Lipinski definition) is 5. The summed E-state index contributed by atoms with van der Waals surface area (Å²) < 4.78 is 70.2. The molecule has 0 amide bonds. The number of rotatable bonds is 1. The molecule has 0 unspecified atom stereocenters. The van der Waals surface area contributed by atoms with Crippen molar-refractivity contribution < 1.29 is 32.1 Å². The SMILES string of the molecule is N#[N+]c1c(Cl)cc(CC(F)(F)F)cc1Cl.O=S(=O)([O-])[O-].[H+]. The summed E-state index contributed by atoms with van der Waals surface area (Å²) in [6.45, 7) is 0. The molecule has 6 nitrogen and oxygen atoms in total. The minimum atomic E-state index is -5.17. The van der Waals surface area contributed by atoms with Crippen molar-refractivity contribution in [2.24, 2.45) is 0 Å². The van der Waals surface area contributed by atoms with Crippen LogP contribution in [0, 0.1) is 5.39 Å². The van der Waals surface area contributed by atoms with Gasteiger partial charge in [0.05, 0.1) is 6.42 Å². The lowest BCUT2D eigenvalue weighted by atomic mass is 10.1. The predicted octanol–water partition coefficient (Wildman–Crippen LogP) is 3.36. The molecule has 1 aromatic carbocycles. The lowest BCUT2D eigenvalue weighted by molar-refractivity contribution is -0.127. The van der Waals surface area contributed by atoms with E-state index in [2.05, 4.69) is 4.98 Å². The first-order valence-electron chi connectivity index (χ1n) is 4.40. The molecule has 112 valence electrons. The summed E-state index contributed by atoms with van der Waals surface area (Å²) >= 11 is 11.1. The minimum absolute atomic E-state index is 0. The van der Waals surface area contributed by atoms with Gasteiger partial charge in [0, 0.05) is 10.4 Å². The number of diazo groups is 1. The van der Waals surface area contributed by atoms with Crippen molar-refractivity contribution in [2.75, 3.05) is 0 Å². The van der Waals surface area contributed by atoms with Crippen molar-refractivity contribution in [1.29, 1.82) is 5.39 Å². The van der Waals surface area contributed by atoms with Crippen molar-refractivity contribution in [3.63, 3.8) is 0 Å². The lowest BCUT2D eigenvalue weighted by Crippen LogP contribution is -2.11. The van der Waals surface area contributed by atoms with E-state index in [0.717, 1.165) is 12.1 Å². The van der Waals surface area contributed by atoms with Gasteiger partial charge in [-0.25, -0.2) is 0 Å². The highest BCUT2D eigenvalue weighted by Gasteiger charge is 2.29. The first-order chi connectivity index (χ1) is 8.83. The van der Waals surface area contributed by atoms with Gasteiger partial charge in [0.1, 0.15) is 10.0 Å². The molecular weight excluding hydrogens is 348 g/mol. The molecular formula is C8H5Cl2F3N2O4S. The van der Waals surface area contributed by atoms with Crippen LogP contribution in [0.5, 0.6) is 0 Å². The number of halogens is 5. The second kappa shape index (κ2) is 7.05. The normalized spacial score (nSPS) is 11.3. The molecule has 20 heavy (non-hydrogen) atoms. The van der Waals surface area contributed by atoms with Crippen molar-refractivity contribution in [1.82, 2.24) is 0 Å². The maximum Gasteiger partial charge on any atom is 1.00 e. The van der Waals surface area contributed by atoms with Crippen molar-refractivity contribution in [3.05, 3.63) is 32.7 Å². The van der Waals surface area contributed by atoms with Gasteiger partial charge in [0.2, 0.25) is 5.39 Å². The Morgan fingerprint density at radius 1 is 1.25 bits per heavy atom. The molecule has 1 rings (SSSR count). The van der Waals surface area contributed by atoms with Crippen LogP contribution < -0.4 is 0 Å². The van der Waals surface area contributed by atoms with E-state index >= 15 is 0 Å². The summed E-state index contributed by atoms with van der Waals surface area (Å²) in [5.74, 6) is 0. The number of benzene rings is 1. The summed E-state index contributed by atoms with van der Waals surface area (Å²) in [4.78, 5) is 2.76. The van der Waals surface area contributed by atoms with Gasteiger partial charge in [-0.15, -0.1) is 0 Å². The van der Waals surface area contributed by atoms with Gasteiger partial charge >= 0.3 is 13.3 Å². The summed E-state index contributed by atoms with van der Waals surface area (Å²) in [7, 11) is -5.17. The minimum Gasteiger partial charge on any atom is -0.759 e. The average molecular weight is 353 g/mol. The molecule has 0 heterocycles. The van der Waals surface area contributed by atoms with Crippen LogP contribution in [0.3, 0.4) is 0 Å². The van der Waals surface area contributed by atoms with E-state index in [1.165, 1.54) is 0 Å². The van der Waals surface area contributed by atoms with Gasteiger partial charge in [-0.2, -0.15) is 13.2 Å². The molecule has 0 aliphatic heterocycles. The van der Waals surface area contributed by atoms with Gasteiger partial charge in [-0.05, 0) is 17.7 Å². The molecule has 0 saturated heterocycles. The zero-order valence-corrected chi connectivity index (χ0v) is 11.5. The smallest absolute Gasteiger partial charge is 0.759 e. The van der Waals surface area contributed by atoms with Crippen LogP contribution in [0.1, 0.15) is 6.99 Å². The van der Waals surface area contributed by atoms with Gasteiger partial charge < -0.3 is 9.11 Å². The van der Waals surface area contributed by atoms with Crippen molar-refractivity contribution in [2.45, 2.75) is 12.6 Å². The number of alkyl halides is 3. The van der Waals surface area contributed by atoms with Gasteiger partial charge in [0.25, 0.3) is 0 Å². The molecule has 0 aliphatic rings. The Morgan fingerprint density at radius 3 is 1.85 bits per heavy atom. The quantitative estimate of drug-likeness (QED) is 0.437. The largest absolute Gasteiger partial charge is 1.00 e. The van der Waals surface area contributed by atoms with Crippen LogP contribution in [0.15, 0.2) is 12.1 Å². The zero-order valence-electron chi connectivity index (χ0n) is 10.2. The summed E-state index contributed by atoms with van der Waals surface area (Å²) in [5, 5.41) is 8.21. The Hall–Kier alpha value is -1.12. The third-order valence-corrected chi connectivity index (χ3v) is 2.16. The fourth-order valence-corrected chi connectivity index (χ4v) is 1.65. The first kappa shape index (κ1) is 18.9. The van der Waals surface area contributed by atoms with Gasteiger partial charge in [-0.1, -0.05) is 23.2 Å². The molecule has 1 aromatic rings. The van der Waals surface area contributed by atoms with Crippen molar-refractivity contribution >= 4 is 39.3 Å². The summed E-state index contributed by atoms with van der Waals surface area (Å²) in [6.07, 6.45) is -5.46. The van der Waals surface area contributed by atoms with E-state index in [-0.39, 0.29) is 22.7 Å². The Morgan fingerprint density at radius 2 is 1.60 bits per heavy atom. The Labute approximate surface area is 122 Å². The van der Waals surface area contributed by atoms with Crippen molar-refractivity contribution in [3.8, 4) is 0 Å². The third-order valence-electron chi connectivity index (χ3n) is 1.58. The van der Waals surface area contributed by atoms with Crippen LogP contribution in [0.25, 0.3) is 4.98 Å². The molecule has 0 bridgehead atoms. The van der Waals surface area contributed by atoms with Crippen LogP contribution in [0.4, 0.5) is 18.9 Å². The van der Waals surface area contributed by atoms with E-state index in [4.69, 9.17) is 46.1 Å². The van der Waals surface area contributed by atoms with E-state index < -0.39 is 23.0 Å². The zero-order chi connectivity index (χ0) is 16.1. The van der Waals surface area contributed by atoms with Crippen LogP contribution >= 0.6 is 23.2 Å². The van der Waals surface area contributed by atoms with E-state index in [1.807, 2.05) is 0 Å². The molecule has 0 aliphatic carbocycles. The molecule has 0 aromatic heterocycles. The number of nitrogens with zero attached hydrogens (tertiary/aromatic N) is 2. The standard InChI is InChI=1S/C8H4Cl2F3N2.H2O4S/c9-5-1-4(3-8(11,12)13)2-6(10)7(5)15-14;1-5(2,3)4/h1-2H,3H2;(H2,1,2,3,4)/q+1;/p-1. The highest BCUT2D eigenvalue weighted by Crippen LogP contribution is 2.35. The van der Waals surface area contributed by atoms with Crippen LogP contribution in [0.2, 0.25) is 10.0 Å². The Kier molecular flexibility index (Phi) is 6.66. The van der Waals surface area contributed by atoms with E-state index in [0.29, 0.717) is 0 Å². The number of hydrogen-bond donors (Lipinski definition) is 0. The second-order valence-electron chi connectivity index (χ2n) is 3.21. The first-order valence-corrected chi connectivity index (χ1v) is 6.49. The fraction of sp³-hybridized carbons (Fsp3) is 0.250. The highest BCUT2D eigenvalue weighted by atomic mass is 35.5. The second-order valence-corrected chi connectivity index (χ2v) is 4.84. The van der Waals surface area contributed by atoms with Crippen LogP contribution in [-0.4, -0.2) is 23.7 Å². The van der Waals surface area contributed by atoms with Gasteiger partial charge in [-0.3, -0.25) is 8.42 Å². The monoisotopic (exact) mass is 352 g/mol. The molecule has 0 spiro atoms. The molecule has 0 N–H and O–H groups in total. The average Bonchev–Trinajstić information content (AvgIpc) is 2.10. The summed E-state index contributed by atoms with van der Waals surface area (Å²) in [5.41, 5.74) is -0.214. The summed E-state index contributed by atoms with van der Waals surface area (Å²) in [6, 6.07) is 2.13. The molecule has 12 heteroatoms. The maximum atomic E-state index is 12.0. The Bertz CT molecular complexity index is 602. The molecule has 0 saturated carbocycles. The molecule has 0 radical (unpaired) electrons. The van der Waals surface area contributed by atoms with E-state index in [1.54, 1.807) is 0 Å². The van der Waals surface area contributed by atoms with E-state index in [9.17, 15) is 13.2 Å². The fourth-order valence-electron chi connectivity index (χ4n) is 1.05. The predicted molar refractivity (Wildman–Crippen MR) is 62.6 cm³/mol. The van der Waals surface area contributed by atoms with Gasteiger partial charge in [0.15, 0.2) is 4.98 Å². The third kappa shape index (κ3) is 8.89. The topological polar surface area (TPSA) is 108 Å². The maximum absolute atomic E-state index is 12.0. The highest BCUT2D eigenvalue weighted by molar-refractivity contribution is 7.79.